The Morgan fingerprint density at radius 2 is 1.75 bits per heavy atom. The van der Waals surface area contributed by atoms with Gasteiger partial charge in [0.05, 0.1) is 16.8 Å². The molecule has 2 aromatic rings. The first kappa shape index (κ1) is 15.1. The molecule has 0 fully saturated rings. The van der Waals surface area contributed by atoms with Crippen molar-refractivity contribution in [3.8, 4) is 0 Å². The van der Waals surface area contributed by atoms with Crippen LogP contribution >= 0.6 is 23.2 Å². The van der Waals surface area contributed by atoms with E-state index in [2.05, 4.69) is 5.32 Å². The fraction of sp³-hybridized carbons (Fsp3) is 0.200. The van der Waals surface area contributed by atoms with Gasteiger partial charge in [-0.15, -0.1) is 0 Å². The standard InChI is InChI=1S/C15H13Cl2F2N/c1-2-14(9-3-5-10(16)6-4-9)20-15-12(17)7-11(18)8-13(15)19/h3-8,14,20H,2H2,1H3. The van der Waals surface area contributed by atoms with E-state index in [1.165, 1.54) is 0 Å². The predicted octanol–water partition coefficient (Wildman–Crippen LogP) is 5.83. The summed E-state index contributed by atoms with van der Waals surface area (Å²) in [5, 5.41) is 3.67. The molecule has 2 aromatic carbocycles. The van der Waals surface area contributed by atoms with Gasteiger partial charge in [-0.1, -0.05) is 42.3 Å². The van der Waals surface area contributed by atoms with E-state index in [1.54, 1.807) is 12.1 Å². The van der Waals surface area contributed by atoms with Gasteiger partial charge >= 0.3 is 0 Å². The fourth-order valence-electron chi connectivity index (χ4n) is 1.97. The topological polar surface area (TPSA) is 12.0 Å². The summed E-state index contributed by atoms with van der Waals surface area (Å²) in [4.78, 5) is 0. The zero-order valence-corrected chi connectivity index (χ0v) is 12.3. The molecule has 0 aliphatic rings. The first-order valence-electron chi connectivity index (χ1n) is 6.17. The highest BCUT2D eigenvalue weighted by Gasteiger charge is 2.15. The molecule has 5 heteroatoms. The van der Waals surface area contributed by atoms with Crippen molar-refractivity contribution in [1.82, 2.24) is 0 Å². The fourth-order valence-corrected chi connectivity index (χ4v) is 2.35. The van der Waals surface area contributed by atoms with Crippen LogP contribution in [0, 0.1) is 11.6 Å². The summed E-state index contributed by atoms with van der Waals surface area (Å²) in [5.74, 6) is -1.40. The van der Waals surface area contributed by atoms with Crippen LogP contribution in [0.1, 0.15) is 24.9 Å². The van der Waals surface area contributed by atoms with Crippen LogP contribution < -0.4 is 5.32 Å². The Morgan fingerprint density at radius 1 is 1.10 bits per heavy atom. The smallest absolute Gasteiger partial charge is 0.150 e. The van der Waals surface area contributed by atoms with E-state index < -0.39 is 11.6 Å². The normalized spacial score (nSPS) is 12.2. The van der Waals surface area contributed by atoms with Gasteiger partial charge in [0.15, 0.2) is 5.82 Å². The quantitative estimate of drug-likeness (QED) is 0.748. The van der Waals surface area contributed by atoms with Gasteiger partial charge in [-0.25, -0.2) is 8.78 Å². The van der Waals surface area contributed by atoms with E-state index >= 15 is 0 Å². The number of hydrogen-bond donors (Lipinski definition) is 1. The van der Waals surface area contributed by atoms with Gasteiger partial charge in [-0.2, -0.15) is 0 Å². The van der Waals surface area contributed by atoms with Gasteiger partial charge in [0.2, 0.25) is 0 Å². The van der Waals surface area contributed by atoms with Gasteiger partial charge in [0.25, 0.3) is 0 Å². The van der Waals surface area contributed by atoms with Crippen LogP contribution in [0.2, 0.25) is 10.0 Å². The Hall–Kier alpha value is -1.32. The molecular weight excluding hydrogens is 303 g/mol. The predicted molar refractivity (Wildman–Crippen MR) is 79.5 cm³/mol. The van der Waals surface area contributed by atoms with Crippen molar-refractivity contribution in [3.63, 3.8) is 0 Å². The summed E-state index contributed by atoms with van der Waals surface area (Å²) in [6.45, 7) is 1.96. The Labute approximate surface area is 126 Å². The van der Waals surface area contributed by atoms with Crippen LogP contribution in [0.25, 0.3) is 0 Å². The average Bonchev–Trinajstić information content (AvgIpc) is 2.39. The third-order valence-corrected chi connectivity index (χ3v) is 3.56. The second-order valence-electron chi connectivity index (χ2n) is 4.40. The highest BCUT2D eigenvalue weighted by molar-refractivity contribution is 6.33. The van der Waals surface area contributed by atoms with Crippen LogP contribution in [-0.2, 0) is 0 Å². The molecule has 0 saturated heterocycles. The Balaban J connectivity index is 2.29. The van der Waals surface area contributed by atoms with Crippen LogP contribution in [0.4, 0.5) is 14.5 Å². The molecule has 1 nitrogen and oxygen atoms in total. The van der Waals surface area contributed by atoms with Crippen molar-refractivity contribution >= 4 is 28.9 Å². The first-order chi connectivity index (χ1) is 9.51. The minimum atomic E-state index is -0.706. The third-order valence-electron chi connectivity index (χ3n) is 3.01. The van der Waals surface area contributed by atoms with Gasteiger partial charge in [-0.05, 0) is 30.2 Å². The molecule has 1 N–H and O–H groups in total. The van der Waals surface area contributed by atoms with E-state index in [4.69, 9.17) is 23.2 Å². The highest BCUT2D eigenvalue weighted by Crippen LogP contribution is 2.31. The summed E-state index contributed by atoms with van der Waals surface area (Å²) in [7, 11) is 0. The van der Waals surface area contributed by atoms with E-state index in [9.17, 15) is 8.78 Å². The summed E-state index contributed by atoms with van der Waals surface area (Å²) in [5.41, 5.74) is 1.06. The molecule has 0 bridgehead atoms. The number of rotatable bonds is 4. The number of nitrogens with one attached hydrogen (secondary N) is 1. The average molecular weight is 316 g/mol. The molecule has 0 spiro atoms. The zero-order chi connectivity index (χ0) is 14.7. The van der Waals surface area contributed by atoms with Gasteiger partial charge in [0.1, 0.15) is 5.82 Å². The Kier molecular flexibility index (Phi) is 4.84. The number of anilines is 1. The Bertz CT molecular complexity index is 576. The van der Waals surface area contributed by atoms with Crippen molar-refractivity contribution in [3.05, 3.63) is 63.6 Å². The van der Waals surface area contributed by atoms with Gasteiger partial charge < -0.3 is 5.32 Å². The second kappa shape index (κ2) is 6.42. The van der Waals surface area contributed by atoms with Crippen molar-refractivity contribution in [1.29, 1.82) is 0 Å². The summed E-state index contributed by atoms with van der Waals surface area (Å²) in [6, 6.07) is 9.01. The molecular formula is C15H13Cl2F2N. The van der Waals surface area contributed by atoms with Gasteiger partial charge in [-0.3, -0.25) is 0 Å². The van der Waals surface area contributed by atoms with Crippen LogP contribution in [-0.4, -0.2) is 0 Å². The maximum absolute atomic E-state index is 13.8. The largest absolute Gasteiger partial charge is 0.375 e. The van der Waals surface area contributed by atoms with Crippen LogP contribution in [0.3, 0.4) is 0 Å². The molecule has 0 aromatic heterocycles. The highest BCUT2D eigenvalue weighted by atomic mass is 35.5. The van der Waals surface area contributed by atoms with Gasteiger partial charge in [0, 0.05) is 11.1 Å². The lowest BCUT2D eigenvalue weighted by atomic mass is 10.0. The van der Waals surface area contributed by atoms with Crippen molar-refractivity contribution in [2.75, 3.05) is 5.32 Å². The van der Waals surface area contributed by atoms with Crippen molar-refractivity contribution in [2.24, 2.45) is 0 Å². The minimum absolute atomic E-state index is 0.0231. The van der Waals surface area contributed by atoms with E-state index in [0.29, 0.717) is 5.02 Å². The summed E-state index contributed by atoms with van der Waals surface area (Å²) in [6.07, 6.45) is 0.717. The molecule has 0 radical (unpaired) electrons. The van der Waals surface area contributed by atoms with Crippen molar-refractivity contribution < 1.29 is 8.78 Å². The zero-order valence-electron chi connectivity index (χ0n) is 10.8. The molecule has 0 saturated carbocycles. The molecule has 20 heavy (non-hydrogen) atoms. The van der Waals surface area contributed by atoms with E-state index in [0.717, 1.165) is 24.1 Å². The number of hydrogen-bond acceptors (Lipinski definition) is 1. The molecule has 1 unspecified atom stereocenters. The molecule has 0 amide bonds. The lowest BCUT2D eigenvalue weighted by molar-refractivity contribution is 0.582. The monoisotopic (exact) mass is 315 g/mol. The maximum Gasteiger partial charge on any atom is 0.150 e. The first-order valence-corrected chi connectivity index (χ1v) is 6.93. The second-order valence-corrected chi connectivity index (χ2v) is 5.24. The lowest BCUT2D eigenvalue weighted by Gasteiger charge is -2.20. The van der Waals surface area contributed by atoms with Crippen LogP contribution in [0.15, 0.2) is 36.4 Å². The molecule has 0 aliphatic carbocycles. The molecule has 2 rings (SSSR count). The van der Waals surface area contributed by atoms with E-state index in [1.807, 2.05) is 19.1 Å². The van der Waals surface area contributed by atoms with Crippen LogP contribution in [0.5, 0.6) is 0 Å². The molecule has 1 atom stereocenters. The van der Waals surface area contributed by atoms with Crippen molar-refractivity contribution in [2.45, 2.75) is 19.4 Å². The molecule has 106 valence electrons. The number of halogens is 4. The summed E-state index contributed by atoms with van der Waals surface area (Å²) < 4.78 is 26.8. The lowest BCUT2D eigenvalue weighted by Crippen LogP contribution is -2.11. The number of benzene rings is 2. The maximum atomic E-state index is 13.8. The van der Waals surface area contributed by atoms with E-state index in [-0.39, 0.29) is 16.8 Å². The minimum Gasteiger partial charge on any atom is -0.375 e. The molecule has 0 heterocycles. The Morgan fingerprint density at radius 3 is 2.30 bits per heavy atom. The molecule has 0 aliphatic heterocycles. The third kappa shape index (κ3) is 3.41. The SMILES string of the molecule is CCC(Nc1c(F)cc(F)cc1Cl)c1ccc(Cl)cc1. The summed E-state index contributed by atoms with van der Waals surface area (Å²) >= 11 is 11.7.